The summed E-state index contributed by atoms with van der Waals surface area (Å²) in [7, 11) is -4.02. The van der Waals surface area contributed by atoms with Gasteiger partial charge in [0.25, 0.3) is 5.91 Å². The highest BCUT2D eigenvalue weighted by Crippen LogP contribution is 2.61. The molecule has 1 amide bonds. The number of hydrogen-bond acceptors (Lipinski definition) is 4. The number of ether oxygens (including phenoxy) is 1. The number of carbonyl (C=O) groups is 1. The van der Waals surface area contributed by atoms with Gasteiger partial charge in [-0.2, -0.15) is 4.31 Å². The van der Waals surface area contributed by atoms with Crippen LogP contribution in [0.15, 0.2) is 23.1 Å². The van der Waals surface area contributed by atoms with Gasteiger partial charge in [-0.3, -0.25) is 4.79 Å². The Hall–Kier alpha value is -1.51. The van der Waals surface area contributed by atoms with Crippen LogP contribution in [0.5, 0.6) is 0 Å². The van der Waals surface area contributed by atoms with E-state index in [4.69, 9.17) is 4.74 Å². The molecule has 6 rings (SSSR count). The summed E-state index contributed by atoms with van der Waals surface area (Å²) in [4.78, 5) is 12.8. The molecule has 1 aromatic carbocycles. The molecule has 0 spiro atoms. The van der Waals surface area contributed by atoms with Crippen molar-refractivity contribution in [2.24, 2.45) is 23.2 Å². The summed E-state index contributed by atoms with van der Waals surface area (Å²) in [5.74, 6) is 1.20. The van der Waals surface area contributed by atoms with E-state index in [2.05, 4.69) is 12.2 Å². The smallest absolute Gasteiger partial charge is 0.251 e. The minimum Gasteiger partial charge on any atom is -0.379 e. The Morgan fingerprint density at radius 1 is 1.16 bits per heavy atom. The first-order valence-electron chi connectivity index (χ1n) is 12.0. The number of morpholine rings is 1. The molecular weight excluding hydrogens is 431 g/mol. The largest absolute Gasteiger partial charge is 0.379 e. The fourth-order valence-electron chi connectivity index (χ4n) is 7.30. The standard InChI is InChI=1S/C24H33FN2O4S/c1-2-22(24-13-16-9-17(14-24)11-18(10-16)15-24)26-23(28)19-3-4-20(25)21(12-19)32(29,30)27-5-7-31-8-6-27/h3-4,12,16-18,22H,2,5-11,13-15H2,1H3,(H,26,28)/t16?,17?,18?,22-,24?/m1/s1. The first-order chi connectivity index (χ1) is 15.3. The minimum absolute atomic E-state index is 0.0627. The van der Waals surface area contributed by atoms with Crippen LogP contribution < -0.4 is 5.32 Å². The van der Waals surface area contributed by atoms with Crippen molar-refractivity contribution >= 4 is 15.9 Å². The molecule has 4 aliphatic carbocycles. The summed E-state index contributed by atoms with van der Waals surface area (Å²) in [6.45, 7) is 3.04. The monoisotopic (exact) mass is 464 g/mol. The van der Waals surface area contributed by atoms with Gasteiger partial charge in [-0.05, 0) is 86.3 Å². The molecule has 8 heteroatoms. The Kier molecular flexibility index (Phi) is 5.83. The molecule has 1 heterocycles. The highest BCUT2D eigenvalue weighted by atomic mass is 32.2. The lowest BCUT2D eigenvalue weighted by Crippen LogP contribution is -2.56. The summed E-state index contributed by atoms with van der Waals surface area (Å²) in [5.41, 5.74) is 0.350. The topological polar surface area (TPSA) is 75.7 Å². The third-order valence-corrected chi connectivity index (χ3v) is 10.2. The maximum atomic E-state index is 14.5. The molecule has 0 aromatic heterocycles. The lowest BCUT2D eigenvalue weighted by molar-refractivity contribution is -0.0727. The second kappa shape index (κ2) is 8.37. The van der Waals surface area contributed by atoms with Gasteiger partial charge in [0.2, 0.25) is 10.0 Å². The van der Waals surface area contributed by atoms with Crippen LogP contribution in [-0.2, 0) is 14.8 Å². The van der Waals surface area contributed by atoms with Crippen LogP contribution in [0.1, 0.15) is 62.2 Å². The number of halogens is 1. The Morgan fingerprint density at radius 2 is 1.75 bits per heavy atom. The zero-order chi connectivity index (χ0) is 22.5. The van der Waals surface area contributed by atoms with Crippen LogP contribution in [0.2, 0.25) is 0 Å². The molecular formula is C24H33FN2O4S. The molecule has 32 heavy (non-hydrogen) atoms. The number of benzene rings is 1. The van der Waals surface area contributed by atoms with E-state index in [9.17, 15) is 17.6 Å². The van der Waals surface area contributed by atoms with E-state index in [1.807, 2.05) is 0 Å². The minimum atomic E-state index is -4.02. The van der Waals surface area contributed by atoms with E-state index in [1.54, 1.807) is 0 Å². The number of carbonyl (C=O) groups excluding carboxylic acids is 1. The molecule has 5 aliphatic rings. The van der Waals surface area contributed by atoms with E-state index < -0.39 is 20.7 Å². The van der Waals surface area contributed by atoms with Gasteiger partial charge in [-0.15, -0.1) is 0 Å². The summed E-state index contributed by atoms with van der Waals surface area (Å²) in [6, 6.07) is 3.73. The SMILES string of the molecule is CC[C@@H](NC(=O)c1ccc(F)c(S(=O)(=O)N2CCOCC2)c1)C12CC3CC(CC(C3)C1)C2. The summed E-state index contributed by atoms with van der Waals surface area (Å²) < 4.78 is 47.0. The molecule has 6 nitrogen and oxygen atoms in total. The van der Waals surface area contributed by atoms with Crippen molar-refractivity contribution in [1.82, 2.24) is 9.62 Å². The Balaban J connectivity index is 1.37. The van der Waals surface area contributed by atoms with Crippen LogP contribution in [-0.4, -0.2) is 51.0 Å². The zero-order valence-electron chi connectivity index (χ0n) is 18.7. The number of amides is 1. The second-order valence-corrected chi connectivity index (χ2v) is 12.3. The molecule has 1 N–H and O–H groups in total. The first-order valence-corrected chi connectivity index (χ1v) is 13.4. The van der Waals surface area contributed by atoms with E-state index in [1.165, 1.54) is 55.0 Å². The highest BCUT2D eigenvalue weighted by Gasteiger charge is 2.54. The van der Waals surface area contributed by atoms with Gasteiger partial charge in [0.05, 0.1) is 13.2 Å². The van der Waals surface area contributed by atoms with Crippen molar-refractivity contribution in [3.05, 3.63) is 29.6 Å². The molecule has 1 atom stereocenters. The quantitative estimate of drug-likeness (QED) is 0.698. The van der Waals surface area contributed by atoms with E-state index in [0.29, 0.717) is 0 Å². The molecule has 0 radical (unpaired) electrons. The van der Waals surface area contributed by atoms with Gasteiger partial charge < -0.3 is 10.1 Å². The molecule has 176 valence electrons. The third-order valence-electron chi connectivity index (χ3n) is 8.32. The predicted octanol–water partition coefficient (Wildman–Crippen LogP) is 3.57. The number of sulfonamides is 1. The molecule has 1 saturated heterocycles. The number of hydrogen-bond donors (Lipinski definition) is 1. The summed E-state index contributed by atoms with van der Waals surface area (Å²) in [6.07, 6.45) is 8.39. The number of nitrogens with one attached hydrogen (secondary N) is 1. The fraction of sp³-hybridized carbons (Fsp3) is 0.708. The zero-order valence-corrected chi connectivity index (χ0v) is 19.5. The Labute approximate surface area is 189 Å². The van der Waals surface area contributed by atoms with Gasteiger partial charge in [-0.25, -0.2) is 12.8 Å². The second-order valence-electron chi connectivity index (χ2n) is 10.4. The Bertz CT molecular complexity index is 954. The van der Waals surface area contributed by atoms with Crippen molar-refractivity contribution in [2.45, 2.75) is 62.8 Å². The average molecular weight is 465 g/mol. The molecule has 0 unspecified atom stereocenters. The molecule has 5 fully saturated rings. The maximum Gasteiger partial charge on any atom is 0.251 e. The molecule has 1 aromatic rings. The molecule has 1 aliphatic heterocycles. The van der Waals surface area contributed by atoms with Crippen molar-refractivity contribution in [2.75, 3.05) is 26.3 Å². The van der Waals surface area contributed by atoms with Crippen LogP contribution in [0.3, 0.4) is 0 Å². The number of rotatable bonds is 6. The fourth-order valence-corrected chi connectivity index (χ4v) is 8.80. The van der Waals surface area contributed by atoms with Crippen molar-refractivity contribution in [3.63, 3.8) is 0 Å². The van der Waals surface area contributed by atoms with Crippen LogP contribution in [0.4, 0.5) is 4.39 Å². The van der Waals surface area contributed by atoms with Crippen LogP contribution in [0.25, 0.3) is 0 Å². The average Bonchev–Trinajstić information content (AvgIpc) is 2.77. The van der Waals surface area contributed by atoms with E-state index in [0.717, 1.165) is 30.2 Å². The van der Waals surface area contributed by atoms with Crippen LogP contribution in [0, 0.1) is 29.0 Å². The summed E-state index contributed by atoms with van der Waals surface area (Å²) in [5, 5.41) is 3.23. The number of nitrogens with zero attached hydrogens (tertiary/aromatic N) is 1. The summed E-state index contributed by atoms with van der Waals surface area (Å²) >= 11 is 0. The van der Waals surface area contributed by atoms with Gasteiger partial charge in [0.15, 0.2) is 0 Å². The first kappa shape index (κ1) is 22.3. The molecule has 4 bridgehead atoms. The van der Waals surface area contributed by atoms with Crippen LogP contribution >= 0.6 is 0 Å². The third kappa shape index (κ3) is 3.88. The normalized spacial score (nSPS) is 33.2. The van der Waals surface area contributed by atoms with Gasteiger partial charge in [0.1, 0.15) is 10.7 Å². The van der Waals surface area contributed by atoms with E-state index >= 15 is 0 Å². The molecule has 4 saturated carbocycles. The van der Waals surface area contributed by atoms with Gasteiger partial charge in [0, 0.05) is 24.7 Å². The lowest BCUT2D eigenvalue weighted by Gasteiger charge is -2.59. The van der Waals surface area contributed by atoms with Crippen molar-refractivity contribution in [1.29, 1.82) is 0 Å². The Morgan fingerprint density at radius 3 is 2.31 bits per heavy atom. The predicted molar refractivity (Wildman–Crippen MR) is 118 cm³/mol. The van der Waals surface area contributed by atoms with Crippen molar-refractivity contribution in [3.8, 4) is 0 Å². The van der Waals surface area contributed by atoms with E-state index in [-0.39, 0.29) is 49.2 Å². The van der Waals surface area contributed by atoms with Gasteiger partial charge >= 0.3 is 0 Å². The maximum absolute atomic E-state index is 14.5. The van der Waals surface area contributed by atoms with Gasteiger partial charge in [-0.1, -0.05) is 6.92 Å². The highest BCUT2D eigenvalue weighted by molar-refractivity contribution is 7.89. The van der Waals surface area contributed by atoms with Crippen molar-refractivity contribution < 1.29 is 22.3 Å². The lowest BCUT2D eigenvalue weighted by atomic mass is 9.47.